The van der Waals surface area contributed by atoms with Gasteiger partial charge in [0.2, 0.25) is 0 Å². The van der Waals surface area contributed by atoms with Crippen molar-refractivity contribution < 1.29 is 19.0 Å². The van der Waals surface area contributed by atoms with Crippen LogP contribution in [-0.4, -0.2) is 32.3 Å². The number of nitrogens with one attached hydrogen (secondary N) is 1. The van der Waals surface area contributed by atoms with E-state index in [2.05, 4.69) is 11.4 Å². The first-order valence-corrected chi connectivity index (χ1v) is 8.93. The van der Waals surface area contributed by atoms with Crippen LogP contribution < -0.4 is 19.5 Å². The molecule has 0 saturated carbocycles. The van der Waals surface area contributed by atoms with E-state index in [4.69, 9.17) is 14.2 Å². The average molecular weight is 357 g/mol. The first-order chi connectivity index (χ1) is 12.7. The van der Waals surface area contributed by atoms with Crippen LogP contribution in [0.15, 0.2) is 48.5 Å². The van der Waals surface area contributed by atoms with Gasteiger partial charge in [-0.25, -0.2) is 0 Å². The van der Waals surface area contributed by atoms with Gasteiger partial charge in [0, 0.05) is 6.54 Å². The number of benzene rings is 2. The van der Waals surface area contributed by atoms with Gasteiger partial charge in [-0.3, -0.25) is 4.79 Å². The lowest BCUT2D eigenvalue weighted by Gasteiger charge is -2.16. The Bertz CT molecular complexity index is 702. The third-order valence-corrected chi connectivity index (χ3v) is 3.94. The molecule has 0 aliphatic carbocycles. The summed E-state index contributed by atoms with van der Waals surface area (Å²) in [5, 5.41) is 2.92. The maximum absolute atomic E-state index is 12.2. The van der Waals surface area contributed by atoms with Gasteiger partial charge >= 0.3 is 0 Å². The summed E-state index contributed by atoms with van der Waals surface area (Å²) in [6, 6.07) is 15.3. The molecule has 26 heavy (non-hydrogen) atoms. The van der Waals surface area contributed by atoms with Gasteiger partial charge in [-0.05, 0) is 50.5 Å². The van der Waals surface area contributed by atoms with E-state index in [1.165, 1.54) is 0 Å². The summed E-state index contributed by atoms with van der Waals surface area (Å²) in [4.78, 5) is 12.2. The zero-order valence-corrected chi connectivity index (χ0v) is 15.7. The van der Waals surface area contributed by atoms with Crippen molar-refractivity contribution in [2.45, 2.75) is 32.8 Å². The molecule has 0 unspecified atom stereocenters. The van der Waals surface area contributed by atoms with Gasteiger partial charge in [-0.2, -0.15) is 0 Å². The van der Waals surface area contributed by atoms with Gasteiger partial charge in [-0.15, -0.1) is 0 Å². The fraction of sp³-hybridized carbons (Fsp3) is 0.381. The van der Waals surface area contributed by atoms with Crippen LogP contribution in [0.4, 0.5) is 0 Å². The topological polar surface area (TPSA) is 56.8 Å². The lowest BCUT2D eigenvalue weighted by Crippen LogP contribution is -2.37. The largest absolute Gasteiger partial charge is 0.494 e. The van der Waals surface area contributed by atoms with Crippen molar-refractivity contribution in [3.8, 4) is 17.2 Å². The molecule has 5 nitrogen and oxygen atoms in total. The summed E-state index contributed by atoms with van der Waals surface area (Å²) >= 11 is 0. The van der Waals surface area contributed by atoms with E-state index in [0.717, 1.165) is 24.2 Å². The van der Waals surface area contributed by atoms with Gasteiger partial charge in [-0.1, -0.05) is 30.3 Å². The highest BCUT2D eigenvalue weighted by atomic mass is 16.5. The van der Waals surface area contributed by atoms with Crippen LogP contribution >= 0.6 is 0 Å². The van der Waals surface area contributed by atoms with E-state index in [-0.39, 0.29) is 5.91 Å². The Morgan fingerprint density at radius 2 is 1.69 bits per heavy atom. The Kier molecular flexibility index (Phi) is 7.80. The summed E-state index contributed by atoms with van der Waals surface area (Å²) in [6.45, 7) is 4.93. The standard InChI is InChI=1S/C21H27NO4/c1-4-25-18-12-6-5-10-17(18)11-9-15-22-21(23)16(2)26-20-14-8-7-13-19(20)24-3/h5-8,10,12-14,16H,4,9,11,15H2,1-3H3,(H,22,23)/t16-/m0/s1. The van der Waals surface area contributed by atoms with E-state index in [1.54, 1.807) is 26.2 Å². The fourth-order valence-electron chi connectivity index (χ4n) is 2.60. The van der Waals surface area contributed by atoms with Gasteiger partial charge in [0.25, 0.3) is 5.91 Å². The highest BCUT2D eigenvalue weighted by molar-refractivity contribution is 5.80. The SMILES string of the molecule is CCOc1ccccc1CCCNC(=O)[C@H](C)Oc1ccccc1OC. The molecule has 0 spiro atoms. The predicted octanol–water partition coefficient (Wildman–Crippen LogP) is 3.61. The van der Waals surface area contributed by atoms with E-state index < -0.39 is 6.10 Å². The summed E-state index contributed by atoms with van der Waals surface area (Å²) in [5.74, 6) is 1.94. The minimum absolute atomic E-state index is 0.144. The molecule has 5 heteroatoms. The molecular weight excluding hydrogens is 330 g/mol. The number of ether oxygens (including phenoxy) is 3. The number of amides is 1. The molecule has 0 radical (unpaired) electrons. The van der Waals surface area contributed by atoms with E-state index in [1.807, 2.05) is 37.3 Å². The van der Waals surface area contributed by atoms with Crippen LogP contribution in [0.3, 0.4) is 0 Å². The quantitative estimate of drug-likeness (QED) is 0.660. The third-order valence-electron chi connectivity index (χ3n) is 3.94. The van der Waals surface area contributed by atoms with Crippen LogP contribution in [-0.2, 0) is 11.2 Å². The van der Waals surface area contributed by atoms with Crippen molar-refractivity contribution in [2.24, 2.45) is 0 Å². The second-order valence-corrected chi connectivity index (χ2v) is 5.85. The average Bonchev–Trinajstić information content (AvgIpc) is 2.66. The molecule has 0 aromatic heterocycles. The number of aryl methyl sites for hydroxylation is 1. The predicted molar refractivity (Wildman–Crippen MR) is 102 cm³/mol. The zero-order chi connectivity index (χ0) is 18.8. The molecule has 0 saturated heterocycles. The number of carbonyl (C=O) groups is 1. The Labute approximate surface area is 155 Å². The molecular formula is C21H27NO4. The number of carbonyl (C=O) groups excluding carboxylic acids is 1. The molecule has 2 rings (SSSR count). The van der Waals surface area contributed by atoms with Crippen LogP contribution in [0.2, 0.25) is 0 Å². The Balaban J connectivity index is 1.78. The van der Waals surface area contributed by atoms with Gasteiger partial charge < -0.3 is 19.5 Å². The fourth-order valence-corrected chi connectivity index (χ4v) is 2.60. The van der Waals surface area contributed by atoms with E-state index >= 15 is 0 Å². The van der Waals surface area contributed by atoms with Crippen LogP contribution in [0.1, 0.15) is 25.8 Å². The molecule has 140 valence electrons. The minimum atomic E-state index is -0.595. The first kappa shape index (κ1) is 19.6. The maximum atomic E-state index is 12.2. The van der Waals surface area contributed by atoms with E-state index in [0.29, 0.717) is 24.7 Å². The molecule has 2 aromatic rings. The summed E-state index contributed by atoms with van der Waals surface area (Å²) in [6.07, 6.45) is 1.08. The minimum Gasteiger partial charge on any atom is -0.494 e. The van der Waals surface area contributed by atoms with Crippen molar-refractivity contribution in [3.05, 3.63) is 54.1 Å². The molecule has 0 aliphatic rings. The number of hydrogen-bond acceptors (Lipinski definition) is 4. The Hall–Kier alpha value is -2.69. The Morgan fingerprint density at radius 3 is 2.38 bits per heavy atom. The van der Waals surface area contributed by atoms with Crippen molar-refractivity contribution >= 4 is 5.91 Å². The van der Waals surface area contributed by atoms with E-state index in [9.17, 15) is 4.79 Å². The van der Waals surface area contributed by atoms with Crippen molar-refractivity contribution in [1.82, 2.24) is 5.32 Å². The van der Waals surface area contributed by atoms with Gasteiger partial charge in [0.05, 0.1) is 13.7 Å². The molecule has 0 fully saturated rings. The van der Waals surface area contributed by atoms with Crippen molar-refractivity contribution in [1.29, 1.82) is 0 Å². The molecule has 1 amide bonds. The van der Waals surface area contributed by atoms with Gasteiger partial charge in [0.15, 0.2) is 17.6 Å². The summed E-state index contributed by atoms with van der Waals surface area (Å²) in [5.41, 5.74) is 1.15. The molecule has 1 atom stereocenters. The highest BCUT2D eigenvalue weighted by Gasteiger charge is 2.16. The summed E-state index contributed by atoms with van der Waals surface area (Å²) in [7, 11) is 1.58. The highest BCUT2D eigenvalue weighted by Crippen LogP contribution is 2.26. The van der Waals surface area contributed by atoms with Crippen molar-refractivity contribution in [2.75, 3.05) is 20.3 Å². The Morgan fingerprint density at radius 1 is 1.04 bits per heavy atom. The smallest absolute Gasteiger partial charge is 0.260 e. The lowest BCUT2D eigenvalue weighted by molar-refractivity contribution is -0.127. The second kappa shape index (κ2) is 10.3. The van der Waals surface area contributed by atoms with Crippen molar-refractivity contribution in [3.63, 3.8) is 0 Å². The monoisotopic (exact) mass is 357 g/mol. The normalized spacial score (nSPS) is 11.5. The maximum Gasteiger partial charge on any atom is 0.260 e. The zero-order valence-electron chi connectivity index (χ0n) is 15.7. The van der Waals surface area contributed by atoms with Crippen LogP contribution in [0, 0.1) is 0 Å². The molecule has 2 aromatic carbocycles. The van der Waals surface area contributed by atoms with Gasteiger partial charge in [0.1, 0.15) is 5.75 Å². The summed E-state index contributed by atoms with van der Waals surface area (Å²) < 4.78 is 16.6. The lowest BCUT2D eigenvalue weighted by atomic mass is 10.1. The molecule has 0 heterocycles. The molecule has 1 N–H and O–H groups in total. The number of para-hydroxylation sites is 3. The number of methoxy groups -OCH3 is 1. The third kappa shape index (κ3) is 5.69. The number of rotatable bonds is 10. The van der Waals surface area contributed by atoms with Crippen LogP contribution in [0.5, 0.6) is 17.2 Å². The first-order valence-electron chi connectivity index (χ1n) is 8.93. The second-order valence-electron chi connectivity index (χ2n) is 5.85. The molecule has 0 bridgehead atoms. The number of hydrogen-bond donors (Lipinski definition) is 1. The van der Waals surface area contributed by atoms with Crippen LogP contribution in [0.25, 0.3) is 0 Å². The molecule has 0 aliphatic heterocycles.